The van der Waals surface area contributed by atoms with Gasteiger partial charge in [-0.1, -0.05) is 13.8 Å². The van der Waals surface area contributed by atoms with E-state index in [0.29, 0.717) is 17.2 Å². The van der Waals surface area contributed by atoms with Gasteiger partial charge in [-0.05, 0) is 12.1 Å². The molecule has 1 aromatic carbocycles. The van der Waals surface area contributed by atoms with Crippen LogP contribution in [0, 0.1) is 10.1 Å². The number of benzene rings is 1. The van der Waals surface area contributed by atoms with Gasteiger partial charge in [-0.25, -0.2) is 4.98 Å². The maximum atomic E-state index is 11.1. The quantitative estimate of drug-likeness (QED) is 0.629. The van der Waals surface area contributed by atoms with Gasteiger partial charge < -0.3 is 4.74 Å². The van der Waals surface area contributed by atoms with Crippen molar-refractivity contribution in [3.63, 3.8) is 0 Å². The molecular weight excluding hydrogens is 264 g/mol. The first-order valence-corrected chi connectivity index (χ1v) is 6.63. The minimum atomic E-state index is -0.385. The first-order chi connectivity index (χ1) is 9.02. The van der Waals surface area contributed by atoms with Crippen molar-refractivity contribution >= 4 is 17.0 Å². The first kappa shape index (κ1) is 13.5. The highest BCUT2D eigenvalue weighted by Gasteiger charge is 2.19. The molecule has 2 aromatic rings. The molecule has 0 unspecified atom stereocenters. The molecule has 0 spiro atoms. The molecule has 0 N–H and O–H groups in total. The summed E-state index contributed by atoms with van der Waals surface area (Å²) >= 11 is 1.47. The van der Waals surface area contributed by atoms with Crippen molar-refractivity contribution in [3.8, 4) is 16.2 Å². The number of methoxy groups -OCH3 is 1. The summed E-state index contributed by atoms with van der Waals surface area (Å²) in [7, 11) is 1.54. The Labute approximate surface area is 115 Å². The molecule has 0 aliphatic rings. The summed E-state index contributed by atoms with van der Waals surface area (Å²) in [6.07, 6.45) is 1.68. The number of ether oxygens (including phenoxy) is 1. The van der Waals surface area contributed by atoms with Crippen LogP contribution in [0.3, 0.4) is 0 Å². The number of hydrogen-bond donors (Lipinski definition) is 0. The van der Waals surface area contributed by atoms with E-state index in [4.69, 9.17) is 4.74 Å². The summed E-state index contributed by atoms with van der Waals surface area (Å²) in [5.74, 6) is 0.906. The Morgan fingerprint density at radius 1 is 1.42 bits per heavy atom. The topological polar surface area (TPSA) is 65.3 Å². The Morgan fingerprint density at radius 2 is 2.16 bits per heavy atom. The van der Waals surface area contributed by atoms with Crippen LogP contribution in [0.25, 0.3) is 10.4 Å². The summed E-state index contributed by atoms with van der Waals surface area (Å²) in [6, 6.07) is 4.73. The lowest BCUT2D eigenvalue weighted by Crippen LogP contribution is -1.92. The maximum Gasteiger partial charge on any atom is 0.278 e. The molecule has 1 heterocycles. The third-order valence-corrected chi connectivity index (χ3v) is 4.01. The van der Waals surface area contributed by atoms with Crippen LogP contribution in [0.2, 0.25) is 0 Å². The largest absolute Gasteiger partial charge is 0.497 e. The third kappa shape index (κ3) is 2.73. The Kier molecular flexibility index (Phi) is 3.80. The minimum absolute atomic E-state index is 0.0692. The average Bonchev–Trinajstić information content (AvgIpc) is 2.87. The molecule has 5 nitrogen and oxygen atoms in total. The highest BCUT2D eigenvalue weighted by atomic mass is 32.1. The van der Waals surface area contributed by atoms with Crippen molar-refractivity contribution in [2.24, 2.45) is 0 Å². The SMILES string of the molecule is COc1ccc([N+](=O)[O-])c(-c2cnc(C(C)C)s2)c1. The summed E-state index contributed by atoms with van der Waals surface area (Å²) in [5, 5.41) is 12.0. The predicted octanol–water partition coefficient (Wildman–Crippen LogP) is 3.85. The highest BCUT2D eigenvalue weighted by Crippen LogP contribution is 2.37. The Bertz CT molecular complexity index is 608. The Hall–Kier alpha value is -1.95. The minimum Gasteiger partial charge on any atom is -0.497 e. The second-order valence-electron chi connectivity index (χ2n) is 4.36. The van der Waals surface area contributed by atoms with Crippen molar-refractivity contribution < 1.29 is 9.66 Å². The molecular formula is C13H14N2O3S. The Morgan fingerprint density at radius 3 is 2.68 bits per heavy atom. The van der Waals surface area contributed by atoms with Gasteiger partial charge in [-0.2, -0.15) is 0 Å². The van der Waals surface area contributed by atoms with Gasteiger partial charge in [0.2, 0.25) is 0 Å². The maximum absolute atomic E-state index is 11.1. The van der Waals surface area contributed by atoms with Crippen LogP contribution >= 0.6 is 11.3 Å². The molecule has 0 fully saturated rings. The van der Waals surface area contributed by atoms with Crippen molar-refractivity contribution in [2.45, 2.75) is 19.8 Å². The molecule has 100 valence electrons. The molecule has 0 atom stereocenters. The van der Waals surface area contributed by atoms with Crippen LogP contribution in [0.15, 0.2) is 24.4 Å². The van der Waals surface area contributed by atoms with Crippen LogP contribution in [-0.2, 0) is 0 Å². The van der Waals surface area contributed by atoms with E-state index in [2.05, 4.69) is 4.98 Å². The molecule has 0 aliphatic carbocycles. The van der Waals surface area contributed by atoms with Gasteiger partial charge in [0, 0.05) is 18.2 Å². The van der Waals surface area contributed by atoms with Gasteiger partial charge in [0.25, 0.3) is 5.69 Å². The monoisotopic (exact) mass is 278 g/mol. The second-order valence-corrected chi connectivity index (χ2v) is 5.42. The van der Waals surface area contributed by atoms with Crippen LogP contribution in [0.5, 0.6) is 5.75 Å². The van der Waals surface area contributed by atoms with Crippen LogP contribution in [-0.4, -0.2) is 17.0 Å². The molecule has 2 rings (SSSR count). The van der Waals surface area contributed by atoms with Crippen molar-refractivity contribution in [1.82, 2.24) is 4.98 Å². The van der Waals surface area contributed by atoms with Gasteiger partial charge in [0.15, 0.2) is 0 Å². The fourth-order valence-electron chi connectivity index (χ4n) is 1.68. The lowest BCUT2D eigenvalue weighted by molar-refractivity contribution is -0.384. The molecule has 0 saturated heterocycles. The Balaban J connectivity index is 2.54. The predicted molar refractivity (Wildman–Crippen MR) is 74.8 cm³/mol. The third-order valence-electron chi connectivity index (χ3n) is 2.68. The van der Waals surface area contributed by atoms with E-state index in [1.165, 1.54) is 24.5 Å². The zero-order chi connectivity index (χ0) is 14.0. The first-order valence-electron chi connectivity index (χ1n) is 5.81. The standard InChI is InChI=1S/C13H14N2O3S/c1-8(2)13-14-7-12(19-13)10-6-9(18-3)4-5-11(10)15(16)17/h4-8H,1-3H3. The summed E-state index contributed by atoms with van der Waals surface area (Å²) < 4.78 is 5.13. The number of rotatable bonds is 4. The molecule has 1 aromatic heterocycles. The zero-order valence-electron chi connectivity index (χ0n) is 10.9. The van der Waals surface area contributed by atoms with E-state index < -0.39 is 0 Å². The average molecular weight is 278 g/mol. The molecule has 0 amide bonds. The van der Waals surface area contributed by atoms with E-state index in [1.54, 1.807) is 18.3 Å². The number of nitrogens with zero attached hydrogens (tertiary/aromatic N) is 2. The van der Waals surface area contributed by atoms with E-state index >= 15 is 0 Å². The number of thiazole rings is 1. The number of aromatic nitrogens is 1. The van der Waals surface area contributed by atoms with Gasteiger partial charge in [0.05, 0.1) is 27.5 Å². The van der Waals surface area contributed by atoms with Crippen LogP contribution in [0.4, 0.5) is 5.69 Å². The van der Waals surface area contributed by atoms with E-state index in [-0.39, 0.29) is 10.6 Å². The van der Waals surface area contributed by atoms with E-state index in [9.17, 15) is 10.1 Å². The molecule has 19 heavy (non-hydrogen) atoms. The summed E-state index contributed by atoms with van der Waals surface area (Å²) in [5.41, 5.74) is 0.619. The van der Waals surface area contributed by atoms with Crippen molar-refractivity contribution in [1.29, 1.82) is 0 Å². The fraction of sp³-hybridized carbons (Fsp3) is 0.308. The molecule has 0 aliphatic heterocycles. The molecule has 0 bridgehead atoms. The number of nitro groups is 1. The lowest BCUT2D eigenvalue weighted by Gasteiger charge is -2.03. The van der Waals surface area contributed by atoms with E-state index in [1.807, 2.05) is 13.8 Å². The highest BCUT2D eigenvalue weighted by molar-refractivity contribution is 7.15. The van der Waals surface area contributed by atoms with Crippen LogP contribution < -0.4 is 4.74 Å². The van der Waals surface area contributed by atoms with Gasteiger partial charge in [-0.3, -0.25) is 10.1 Å². The second kappa shape index (κ2) is 5.36. The summed E-state index contributed by atoms with van der Waals surface area (Å²) in [4.78, 5) is 15.8. The normalized spacial score (nSPS) is 10.7. The van der Waals surface area contributed by atoms with Gasteiger partial charge in [0.1, 0.15) is 5.75 Å². The van der Waals surface area contributed by atoms with E-state index in [0.717, 1.165) is 9.88 Å². The van der Waals surface area contributed by atoms with Gasteiger partial charge in [-0.15, -0.1) is 11.3 Å². The lowest BCUT2D eigenvalue weighted by atomic mass is 10.1. The molecule has 6 heteroatoms. The zero-order valence-corrected chi connectivity index (χ0v) is 11.7. The summed E-state index contributed by atoms with van der Waals surface area (Å²) in [6.45, 7) is 4.09. The smallest absolute Gasteiger partial charge is 0.278 e. The fourth-order valence-corrected chi connectivity index (χ4v) is 2.62. The van der Waals surface area contributed by atoms with Gasteiger partial charge >= 0.3 is 0 Å². The van der Waals surface area contributed by atoms with Crippen molar-refractivity contribution in [2.75, 3.05) is 7.11 Å². The van der Waals surface area contributed by atoms with Crippen molar-refractivity contribution in [3.05, 3.63) is 39.5 Å². The number of nitro benzene ring substituents is 1. The van der Waals surface area contributed by atoms with Crippen LogP contribution in [0.1, 0.15) is 24.8 Å². The molecule has 0 saturated carbocycles. The number of hydrogen-bond acceptors (Lipinski definition) is 5. The molecule has 0 radical (unpaired) electrons.